The van der Waals surface area contributed by atoms with E-state index in [1.807, 2.05) is 20.0 Å². The Kier molecular flexibility index (Phi) is 10.5. The van der Waals surface area contributed by atoms with Gasteiger partial charge in [0.15, 0.2) is 17.4 Å². The number of aromatic nitrogens is 2. The van der Waals surface area contributed by atoms with Gasteiger partial charge in [-0.25, -0.2) is 18.6 Å². The fourth-order valence-corrected chi connectivity index (χ4v) is 5.85. The SMILES string of the molecule is CC(C)Oc1ccc(-c2cn(COCC[Si](C)(C)C)c3nccc(Oc4c(F)cc(NC(=O)NCC5(C#N)COC5)cc4F)c23)cc1C#N. The summed E-state index contributed by atoms with van der Waals surface area (Å²) in [5, 5.41) is 24.6. The fraction of sp³-hybridized carbons (Fsp3) is 0.371. The molecule has 0 spiro atoms. The quantitative estimate of drug-likeness (QED) is 0.109. The lowest BCUT2D eigenvalue weighted by Crippen LogP contribution is -2.50. The molecule has 1 aliphatic rings. The van der Waals surface area contributed by atoms with Gasteiger partial charge in [0.1, 0.15) is 35.4 Å². The molecular weight excluding hydrogens is 651 g/mol. The number of hydrogen-bond acceptors (Lipinski definition) is 8. The number of fused-ring (bicyclic) bond motifs is 1. The molecule has 0 atom stereocenters. The Morgan fingerprint density at radius 1 is 1.12 bits per heavy atom. The van der Waals surface area contributed by atoms with E-state index in [0.29, 0.717) is 40.1 Å². The van der Waals surface area contributed by atoms with Crippen molar-refractivity contribution in [1.82, 2.24) is 14.9 Å². The molecule has 2 aromatic carbocycles. The van der Waals surface area contributed by atoms with Crippen LogP contribution in [0.4, 0.5) is 19.3 Å². The molecule has 2 amide bonds. The molecule has 49 heavy (non-hydrogen) atoms. The number of benzene rings is 2. The third-order valence-corrected chi connectivity index (χ3v) is 9.47. The van der Waals surface area contributed by atoms with E-state index in [0.717, 1.165) is 18.2 Å². The highest BCUT2D eigenvalue weighted by Gasteiger charge is 2.39. The van der Waals surface area contributed by atoms with Crippen LogP contribution in [0.25, 0.3) is 22.2 Å². The Morgan fingerprint density at radius 2 is 1.86 bits per heavy atom. The molecular formula is C35H38F2N6O5Si. The summed E-state index contributed by atoms with van der Waals surface area (Å²) in [7, 11) is -1.34. The smallest absolute Gasteiger partial charge is 0.319 e. The Hall–Kier alpha value is -5.02. The lowest BCUT2D eigenvalue weighted by molar-refractivity contribution is -0.0738. The second kappa shape index (κ2) is 14.6. The molecule has 4 aromatic rings. The molecule has 2 aromatic heterocycles. The van der Waals surface area contributed by atoms with Crippen molar-refractivity contribution in [3.8, 4) is 40.5 Å². The average Bonchev–Trinajstić information content (AvgIpc) is 3.39. The number of hydrogen-bond donors (Lipinski definition) is 2. The van der Waals surface area contributed by atoms with Gasteiger partial charge in [-0.2, -0.15) is 10.5 Å². The predicted molar refractivity (Wildman–Crippen MR) is 182 cm³/mol. The lowest BCUT2D eigenvalue weighted by Gasteiger charge is -2.34. The van der Waals surface area contributed by atoms with E-state index >= 15 is 8.78 Å². The molecule has 5 rings (SSSR count). The van der Waals surface area contributed by atoms with Gasteiger partial charge in [0.2, 0.25) is 0 Å². The zero-order valence-corrected chi connectivity index (χ0v) is 29.0. The second-order valence-electron chi connectivity index (χ2n) is 13.4. The zero-order valence-electron chi connectivity index (χ0n) is 28.0. The van der Waals surface area contributed by atoms with E-state index in [4.69, 9.17) is 18.9 Å². The zero-order chi connectivity index (χ0) is 35.3. The van der Waals surface area contributed by atoms with Crippen molar-refractivity contribution in [2.24, 2.45) is 5.41 Å². The molecule has 1 saturated heterocycles. The van der Waals surface area contributed by atoms with Crippen molar-refractivity contribution in [2.45, 2.75) is 52.4 Å². The molecule has 0 unspecified atom stereocenters. The minimum atomic E-state index is -1.34. The molecule has 1 fully saturated rings. The number of amides is 2. The number of nitrogens with one attached hydrogen (secondary N) is 2. The van der Waals surface area contributed by atoms with Gasteiger partial charge in [-0.1, -0.05) is 25.7 Å². The number of pyridine rings is 1. The first-order valence-corrected chi connectivity index (χ1v) is 19.5. The van der Waals surface area contributed by atoms with Crippen LogP contribution in [-0.2, 0) is 16.2 Å². The van der Waals surface area contributed by atoms with E-state index < -0.39 is 36.9 Å². The van der Waals surface area contributed by atoms with Gasteiger partial charge in [-0.3, -0.25) is 0 Å². The molecule has 3 heterocycles. The highest BCUT2D eigenvalue weighted by atomic mass is 28.3. The number of anilines is 1. The van der Waals surface area contributed by atoms with Crippen LogP contribution in [0.15, 0.2) is 48.8 Å². The van der Waals surface area contributed by atoms with Crippen LogP contribution in [0.5, 0.6) is 17.2 Å². The van der Waals surface area contributed by atoms with Crippen LogP contribution in [-0.4, -0.2) is 56.1 Å². The highest BCUT2D eigenvalue weighted by molar-refractivity contribution is 6.76. The lowest BCUT2D eigenvalue weighted by atomic mass is 9.88. The average molecular weight is 689 g/mol. The maximum atomic E-state index is 15.4. The van der Waals surface area contributed by atoms with Crippen LogP contribution in [0.1, 0.15) is 19.4 Å². The summed E-state index contributed by atoms with van der Waals surface area (Å²) in [6, 6.07) is 13.1. The monoisotopic (exact) mass is 688 g/mol. The summed E-state index contributed by atoms with van der Waals surface area (Å²) < 4.78 is 55.5. The van der Waals surface area contributed by atoms with Gasteiger partial charge >= 0.3 is 6.03 Å². The number of ether oxygens (including phenoxy) is 4. The number of urea groups is 1. The van der Waals surface area contributed by atoms with Crippen molar-refractivity contribution in [1.29, 1.82) is 10.5 Å². The van der Waals surface area contributed by atoms with E-state index in [1.54, 1.807) is 22.8 Å². The number of nitriles is 2. The van der Waals surface area contributed by atoms with Crippen molar-refractivity contribution >= 4 is 30.8 Å². The first-order valence-electron chi connectivity index (χ1n) is 15.8. The summed E-state index contributed by atoms with van der Waals surface area (Å²) >= 11 is 0. The second-order valence-corrected chi connectivity index (χ2v) is 19.0. The van der Waals surface area contributed by atoms with Gasteiger partial charge < -0.3 is 34.1 Å². The van der Waals surface area contributed by atoms with Crippen LogP contribution in [0.3, 0.4) is 0 Å². The van der Waals surface area contributed by atoms with Crippen molar-refractivity contribution in [3.63, 3.8) is 0 Å². The Balaban J connectivity index is 1.47. The van der Waals surface area contributed by atoms with Crippen LogP contribution in [0.2, 0.25) is 25.7 Å². The summed E-state index contributed by atoms with van der Waals surface area (Å²) in [6.45, 7) is 11.6. The van der Waals surface area contributed by atoms with Crippen LogP contribution < -0.4 is 20.1 Å². The maximum Gasteiger partial charge on any atom is 0.319 e. The molecule has 0 radical (unpaired) electrons. The van der Waals surface area contributed by atoms with Crippen molar-refractivity contribution in [3.05, 3.63) is 66.0 Å². The molecule has 256 valence electrons. The van der Waals surface area contributed by atoms with Crippen molar-refractivity contribution in [2.75, 3.05) is 31.7 Å². The van der Waals surface area contributed by atoms with E-state index in [-0.39, 0.29) is 44.0 Å². The summed E-state index contributed by atoms with van der Waals surface area (Å²) in [5.41, 5.74) is 1.03. The minimum absolute atomic E-state index is 0.0220. The Morgan fingerprint density at radius 3 is 2.47 bits per heavy atom. The first kappa shape index (κ1) is 35.3. The first-order chi connectivity index (χ1) is 23.3. The summed E-state index contributed by atoms with van der Waals surface area (Å²) in [5.74, 6) is -2.25. The third kappa shape index (κ3) is 8.35. The number of carbonyl (C=O) groups is 1. The predicted octanol–water partition coefficient (Wildman–Crippen LogP) is 7.41. The fourth-order valence-electron chi connectivity index (χ4n) is 5.09. The van der Waals surface area contributed by atoms with E-state index in [1.165, 1.54) is 12.3 Å². The Labute approximate surface area is 284 Å². The van der Waals surface area contributed by atoms with Crippen LogP contribution >= 0.6 is 0 Å². The van der Waals surface area contributed by atoms with E-state index in [9.17, 15) is 15.3 Å². The molecule has 0 saturated carbocycles. The van der Waals surface area contributed by atoms with Gasteiger partial charge in [-0.15, -0.1) is 0 Å². The van der Waals surface area contributed by atoms with Gasteiger partial charge in [0.25, 0.3) is 0 Å². The highest BCUT2D eigenvalue weighted by Crippen LogP contribution is 2.41. The number of nitrogens with zero attached hydrogens (tertiary/aromatic N) is 4. The van der Waals surface area contributed by atoms with E-state index in [2.05, 4.69) is 47.4 Å². The topological polar surface area (TPSA) is 143 Å². The molecule has 1 aliphatic heterocycles. The van der Waals surface area contributed by atoms with Gasteiger partial charge in [-0.05, 0) is 43.7 Å². The Bertz CT molecular complexity index is 1920. The molecule has 11 nitrogen and oxygen atoms in total. The minimum Gasteiger partial charge on any atom is -0.490 e. The largest absolute Gasteiger partial charge is 0.490 e. The maximum absolute atomic E-state index is 15.4. The normalized spacial score (nSPS) is 13.8. The van der Waals surface area contributed by atoms with Crippen molar-refractivity contribution < 1.29 is 32.5 Å². The summed E-state index contributed by atoms with van der Waals surface area (Å²) in [4.78, 5) is 17.0. The van der Waals surface area contributed by atoms with Gasteiger partial charge in [0.05, 0.1) is 36.3 Å². The molecule has 0 bridgehead atoms. The number of carbonyl (C=O) groups excluding carboxylic acids is 1. The standard InChI is InChI=1S/C35H38F2N6O5Si/c1-22(2)47-29-7-6-23(12-24(29)15-38)26-16-43(21-45-10-11-49(3,4)5)33-31(26)30(8-9-40-33)48-32-27(36)13-25(14-28(32)37)42-34(44)41-18-35(17-39)19-46-20-35/h6-9,12-14,16,22H,10-11,18-21H2,1-5H3,(H2,41,42,44). The molecule has 2 N–H and O–H groups in total. The number of rotatable bonds is 13. The van der Waals surface area contributed by atoms with Crippen LogP contribution in [0, 0.1) is 39.7 Å². The summed E-state index contributed by atoms with van der Waals surface area (Å²) in [6.07, 6.45) is 3.14. The third-order valence-electron chi connectivity index (χ3n) is 7.77. The van der Waals surface area contributed by atoms with Gasteiger partial charge in [0, 0.05) is 57.0 Å². The molecule has 14 heteroatoms. The molecule has 0 aliphatic carbocycles. The number of halogens is 2.